The molecule has 0 bridgehead atoms. The molecule has 0 aliphatic carbocycles. The molecule has 2 aromatic rings. The van der Waals surface area contributed by atoms with Gasteiger partial charge >= 0.3 is 0 Å². The van der Waals surface area contributed by atoms with Gasteiger partial charge in [-0.2, -0.15) is 0 Å². The third-order valence-electron chi connectivity index (χ3n) is 2.61. The summed E-state index contributed by atoms with van der Waals surface area (Å²) in [5.41, 5.74) is 1.23. The van der Waals surface area contributed by atoms with Crippen molar-refractivity contribution < 1.29 is 4.42 Å². The predicted octanol–water partition coefficient (Wildman–Crippen LogP) is 3.97. The summed E-state index contributed by atoms with van der Waals surface area (Å²) in [6.45, 7) is 2.11. The van der Waals surface area contributed by atoms with Crippen LogP contribution in [0.2, 0.25) is 0 Å². The first-order valence-corrected chi connectivity index (χ1v) is 6.91. The molecule has 2 heterocycles. The van der Waals surface area contributed by atoms with E-state index in [9.17, 15) is 0 Å². The van der Waals surface area contributed by atoms with Crippen molar-refractivity contribution in [2.75, 3.05) is 7.05 Å². The summed E-state index contributed by atoms with van der Waals surface area (Å²) in [5, 5.41) is 5.44. The summed E-state index contributed by atoms with van der Waals surface area (Å²) in [5.74, 6) is 1.06. The van der Waals surface area contributed by atoms with Gasteiger partial charge in [-0.1, -0.05) is 6.92 Å². The minimum atomic E-state index is 0.211. The average Bonchev–Trinajstić information content (AvgIpc) is 2.90. The molecule has 2 nitrogen and oxygen atoms in total. The van der Waals surface area contributed by atoms with Gasteiger partial charge in [-0.3, -0.25) is 0 Å². The molecule has 0 aliphatic rings. The molecule has 0 saturated carbocycles. The van der Waals surface area contributed by atoms with Crippen LogP contribution in [0.5, 0.6) is 0 Å². The molecule has 1 atom stereocenters. The van der Waals surface area contributed by atoms with Gasteiger partial charge in [0.25, 0.3) is 0 Å². The monoisotopic (exact) mass is 299 g/mol. The van der Waals surface area contributed by atoms with E-state index in [1.165, 1.54) is 10.4 Å². The van der Waals surface area contributed by atoms with Crippen LogP contribution < -0.4 is 5.32 Å². The Morgan fingerprint density at radius 3 is 2.88 bits per heavy atom. The molecule has 0 aliphatic heterocycles. The second-order valence-electron chi connectivity index (χ2n) is 3.51. The quantitative estimate of drug-likeness (QED) is 0.924. The molecular weight excluding hydrogens is 286 g/mol. The van der Waals surface area contributed by atoms with E-state index in [0.717, 1.165) is 16.7 Å². The second-order valence-corrected chi connectivity index (χ2v) is 5.31. The first-order valence-electron chi connectivity index (χ1n) is 5.24. The fraction of sp³-hybridized carbons (Fsp3) is 0.333. The third-order valence-corrected chi connectivity index (χ3v) is 4.54. The summed E-state index contributed by atoms with van der Waals surface area (Å²) < 4.78 is 6.64. The van der Waals surface area contributed by atoms with Gasteiger partial charge in [-0.15, -0.1) is 11.3 Å². The fourth-order valence-corrected chi connectivity index (χ4v) is 3.56. The van der Waals surface area contributed by atoms with Crippen molar-refractivity contribution >= 4 is 27.3 Å². The van der Waals surface area contributed by atoms with E-state index in [2.05, 4.69) is 39.6 Å². The van der Waals surface area contributed by atoms with Crippen molar-refractivity contribution in [3.63, 3.8) is 0 Å². The lowest BCUT2D eigenvalue weighted by atomic mass is 10.1. The largest absolute Gasteiger partial charge is 0.469 e. The highest BCUT2D eigenvalue weighted by Gasteiger charge is 2.20. The molecular formula is C12H14BrNOS. The standard InChI is InChI=1S/C12H14BrNOS/c1-3-10-8(4-6-15-10)11(14-2)12-9(13)5-7-16-12/h4-7,11,14H,3H2,1-2H3. The number of thiophene rings is 1. The Morgan fingerprint density at radius 2 is 2.31 bits per heavy atom. The molecule has 4 heteroatoms. The summed E-state index contributed by atoms with van der Waals surface area (Å²) in [6.07, 6.45) is 2.68. The van der Waals surface area contributed by atoms with Gasteiger partial charge in [0.1, 0.15) is 5.76 Å². The van der Waals surface area contributed by atoms with Crippen LogP contribution in [0.25, 0.3) is 0 Å². The average molecular weight is 300 g/mol. The fourth-order valence-electron chi connectivity index (χ4n) is 1.83. The van der Waals surface area contributed by atoms with E-state index >= 15 is 0 Å². The van der Waals surface area contributed by atoms with E-state index in [0.29, 0.717) is 0 Å². The molecule has 2 rings (SSSR count). The first-order chi connectivity index (χ1) is 7.77. The summed E-state index contributed by atoms with van der Waals surface area (Å²) >= 11 is 5.33. The highest BCUT2D eigenvalue weighted by atomic mass is 79.9. The van der Waals surface area contributed by atoms with Gasteiger partial charge in [0.2, 0.25) is 0 Å². The molecule has 86 valence electrons. The highest BCUT2D eigenvalue weighted by molar-refractivity contribution is 9.10. The topological polar surface area (TPSA) is 25.2 Å². The second kappa shape index (κ2) is 5.17. The first kappa shape index (κ1) is 11.9. The lowest BCUT2D eigenvalue weighted by Gasteiger charge is -2.15. The van der Waals surface area contributed by atoms with Crippen LogP contribution in [-0.2, 0) is 6.42 Å². The number of furan rings is 1. The van der Waals surface area contributed by atoms with Crippen molar-refractivity contribution in [1.82, 2.24) is 5.32 Å². The van der Waals surface area contributed by atoms with Crippen LogP contribution in [0.3, 0.4) is 0 Å². The van der Waals surface area contributed by atoms with E-state index in [-0.39, 0.29) is 6.04 Å². The minimum absolute atomic E-state index is 0.211. The summed E-state index contributed by atoms with van der Waals surface area (Å²) in [6, 6.07) is 4.34. The zero-order valence-corrected chi connectivity index (χ0v) is 11.7. The molecule has 0 fully saturated rings. The lowest BCUT2D eigenvalue weighted by Crippen LogP contribution is -2.17. The SMILES string of the molecule is CCc1occc1C(NC)c1sccc1Br. The molecule has 16 heavy (non-hydrogen) atoms. The van der Waals surface area contributed by atoms with E-state index in [4.69, 9.17) is 4.42 Å². The van der Waals surface area contributed by atoms with Gasteiger partial charge in [-0.05, 0) is 40.5 Å². The number of hydrogen-bond acceptors (Lipinski definition) is 3. The normalized spacial score (nSPS) is 12.9. The number of rotatable bonds is 4. The van der Waals surface area contributed by atoms with Crippen molar-refractivity contribution in [2.24, 2.45) is 0 Å². The number of aryl methyl sites for hydroxylation is 1. The smallest absolute Gasteiger partial charge is 0.108 e. The Balaban J connectivity index is 2.40. The predicted molar refractivity (Wildman–Crippen MR) is 71.0 cm³/mol. The van der Waals surface area contributed by atoms with Crippen LogP contribution >= 0.6 is 27.3 Å². The van der Waals surface area contributed by atoms with Gasteiger partial charge in [-0.25, -0.2) is 0 Å². The summed E-state index contributed by atoms with van der Waals surface area (Å²) in [4.78, 5) is 1.29. The van der Waals surface area contributed by atoms with Crippen molar-refractivity contribution in [2.45, 2.75) is 19.4 Å². The maximum Gasteiger partial charge on any atom is 0.108 e. The summed E-state index contributed by atoms with van der Waals surface area (Å²) in [7, 11) is 1.98. The maximum absolute atomic E-state index is 5.48. The lowest BCUT2D eigenvalue weighted by molar-refractivity contribution is 0.505. The van der Waals surface area contributed by atoms with Crippen molar-refractivity contribution in [3.05, 3.63) is 44.4 Å². The number of hydrogen-bond donors (Lipinski definition) is 1. The maximum atomic E-state index is 5.48. The Labute approximate surface area is 108 Å². The van der Waals surface area contributed by atoms with Crippen molar-refractivity contribution in [1.29, 1.82) is 0 Å². The number of halogens is 1. The van der Waals surface area contributed by atoms with Gasteiger partial charge in [0.05, 0.1) is 12.3 Å². The molecule has 2 aromatic heterocycles. The molecule has 1 N–H and O–H groups in total. The molecule has 1 unspecified atom stereocenters. The zero-order chi connectivity index (χ0) is 11.5. The van der Waals surface area contributed by atoms with E-state index in [1.807, 2.05) is 13.1 Å². The Morgan fingerprint density at radius 1 is 1.50 bits per heavy atom. The molecule has 0 spiro atoms. The Kier molecular flexibility index (Phi) is 3.84. The molecule has 0 aromatic carbocycles. The van der Waals surface area contributed by atoms with Crippen LogP contribution in [0.1, 0.15) is 29.2 Å². The van der Waals surface area contributed by atoms with Crippen LogP contribution in [-0.4, -0.2) is 7.05 Å². The van der Waals surface area contributed by atoms with Gasteiger partial charge in [0, 0.05) is 21.3 Å². The van der Waals surface area contributed by atoms with Crippen LogP contribution in [0.4, 0.5) is 0 Å². The minimum Gasteiger partial charge on any atom is -0.469 e. The third kappa shape index (κ3) is 2.10. The Hall–Kier alpha value is -0.580. The van der Waals surface area contributed by atoms with Gasteiger partial charge < -0.3 is 9.73 Å². The zero-order valence-electron chi connectivity index (χ0n) is 9.29. The molecule has 0 saturated heterocycles. The van der Waals surface area contributed by atoms with Crippen LogP contribution in [0.15, 0.2) is 32.7 Å². The Bertz CT molecular complexity index is 463. The molecule has 0 amide bonds. The highest BCUT2D eigenvalue weighted by Crippen LogP contribution is 2.34. The van der Waals surface area contributed by atoms with Crippen LogP contribution in [0, 0.1) is 0 Å². The van der Waals surface area contributed by atoms with Gasteiger partial charge in [0.15, 0.2) is 0 Å². The van der Waals surface area contributed by atoms with Crippen molar-refractivity contribution in [3.8, 4) is 0 Å². The van der Waals surface area contributed by atoms with E-state index in [1.54, 1.807) is 17.6 Å². The number of nitrogens with one attached hydrogen (secondary N) is 1. The van der Waals surface area contributed by atoms with E-state index < -0.39 is 0 Å². The molecule has 0 radical (unpaired) electrons.